The van der Waals surface area contributed by atoms with E-state index in [0.717, 1.165) is 32.1 Å². The summed E-state index contributed by atoms with van der Waals surface area (Å²) >= 11 is 0. The fourth-order valence-corrected chi connectivity index (χ4v) is 6.23. The van der Waals surface area contributed by atoms with E-state index < -0.39 is 11.1 Å². The maximum atomic E-state index is 13.3. The highest BCUT2D eigenvalue weighted by Gasteiger charge is 2.57. The number of nitrogens with zero attached hydrogens (tertiary/aromatic N) is 2. The minimum atomic E-state index is -0.583. The Bertz CT molecular complexity index is 921. The Balaban J connectivity index is 1.53. The van der Waals surface area contributed by atoms with Crippen LogP contribution in [0.2, 0.25) is 0 Å². The molecule has 9 nitrogen and oxygen atoms in total. The second-order valence-electron chi connectivity index (χ2n) is 10.9. The van der Waals surface area contributed by atoms with E-state index in [1.807, 2.05) is 33.8 Å². The van der Waals surface area contributed by atoms with E-state index in [4.69, 9.17) is 9.62 Å². The molecule has 0 spiro atoms. The fraction of sp³-hybridized carbons (Fsp3) is 0.708. The maximum absolute atomic E-state index is 13.3. The van der Waals surface area contributed by atoms with Gasteiger partial charge in [-0.1, -0.05) is 0 Å². The Morgan fingerprint density at radius 2 is 1.94 bits per heavy atom. The maximum Gasteiger partial charge on any atom is 0.258 e. The molecule has 2 unspecified atom stereocenters. The van der Waals surface area contributed by atoms with Gasteiger partial charge in [0.05, 0.1) is 17.8 Å². The molecule has 4 aliphatic rings. The van der Waals surface area contributed by atoms with Crippen molar-refractivity contribution >= 4 is 18.0 Å². The topological polar surface area (TPSA) is 115 Å². The largest absolute Gasteiger partial charge is 0.474 e. The van der Waals surface area contributed by atoms with Crippen molar-refractivity contribution in [1.82, 2.24) is 20.4 Å². The summed E-state index contributed by atoms with van der Waals surface area (Å²) in [6.45, 7) is 9.02. The molecule has 5 rings (SSSR count). The van der Waals surface area contributed by atoms with Crippen LogP contribution in [0.5, 0.6) is 5.88 Å². The van der Waals surface area contributed by atoms with Gasteiger partial charge < -0.3 is 15.4 Å². The zero-order chi connectivity index (χ0) is 24.0. The van der Waals surface area contributed by atoms with E-state index in [-0.39, 0.29) is 24.0 Å². The zero-order valence-electron chi connectivity index (χ0n) is 20.1. The van der Waals surface area contributed by atoms with Crippen molar-refractivity contribution in [3.63, 3.8) is 0 Å². The summed E-state index contributed by atoms with van der Waals surface area (Å²) in [4.78, 5) is 29.7. The van der Waals surface area contributed by atoms with Gasteiger partial charge in [0.1, 0.15) is 11.2 Å². The van der Waals surface area contributed by atoms with Crippen molar-refractivity contribution in [2.45, 2.75) is 90.0 Å². The van der Waals surface area contributed by atoms with Crippen LogP contribution in [0, 0.1) is 17.8 Å². The number of amides is 2. The van der Waals surface area contributed by atoms with Gasteiger partial charge >= 0.3 is 0 Å². The van der Waals surface area contributed by atoms with E-state index >= 15 is 0 Å². The third kappa shape index (κ3) is 4.94. The first-order valence-electron chi connectivity index (χ1n) is 11.9. The highest BCUT2D eigenvalue weighted by atomic mass is 17.1. The fourth-order valence-electron chi connectivity index (χ4n) is 6.23. The van der Waals surface area contributed by atoms with Gasteiger partial charge in [-0.2, -0.15) is 5.10 Å². The van der Waals surface area contributed by atoms with Gasteiger partial charge in [0.2, 0.25) is 11.8 Å². The summed E-state index contributed by atoms with van der Waals surface area (Å²) in [6.07, 6.45) is 9.47. The van der Waals surface area contributed by atoms with Crippen molar-refractivity contribution < 1.29 is 24.5 Å². The lowest BCUT2D eigenvalue weighted by molar-refractivity contribution is -0.357. The van der Waals surface area contributed by atoms with E-state index in [2.05, 4.69) is 15.7 Å². The Labute approximate surface area is 194 Å². The third-order valence-corrected chi connectivity index (χ3v) is 7.18. The average Bonchev–Trinajstić information content (AvgIpc) is 3.09. The van der Waals surface area contributed by atoms with Crippen molar-refractivity contribution in [3.8, 4) is 5.88 Å². The molecule has 182 valence electrons. The van der Waals surface area contributed by atoms with Crippen molar-refractivity contribution in [3.05, 3.63) is 17.8 Å². The molecular formula is C24H36N4O5. The second kappa shape index (κ2) is 8.76. The quantitative estimate of drug-likeness (QED) is 0.405. The first kappa shape index (κ1) is 23.8. The lowest BCUT2D eigenvalue weighted by Gasteiger charge is -2.58. The van der Waals surface area contributed by atoms with Gasteiger partial charge in [0.15, 0.2) is 0 Å². The molecule has 0 aromatic carbocycles. The molecule has 2 atom stereocenters. The number of hydrogen-bond acceptors (Lipinski definition) is 6. The summed E-state index contributed by atoms with van der Waals surface area (Å²) in [6, 6.07) is 0.0572. The van der Waals surface area contributed by atoms with Crippen molar-refractivity contribution in [2.75, 3.05) is 0 Å². The molecule has 4 aliphatic carbocycles. The van der Waals surface area contributed by atoms with Crippen LogP contribution in [-0.4, -0.2) is 50.1 Å². The van der Waals surface area contributed by atoms with Crippen LogP contribution in [0.1, 0.15) is 77.1 Å². The molecule has 1 heterocycles. The Morgan fingerprint density at radius 3 is 2.52 bits per heavy atom. The minimum Gasteiger partial charge on any atom is -0.474 e. The standard InChI is InChI=1S/C24H36N4O5/c1-14(2)32-22-19(13-25-28(22)7-6-23(4,5)27-15(3)29)21(30)26-20-17-8-16-9-18(20)12-24(10-16,11-17)33-31/h6-7,13-14,16-18,20,31H,8-12H2,1-5H3,(H,26,30)(H,27,29)/b7-6+. The zero-order valence-corrected chi connectivity index (χ0v) is 20.1. The lowest BCUT2D eigenvalue weighted by atomic mass is 9.52. The molecule has 1 aromatic rings. The third-order valence-electron chi connectivity index (χ3n) is 7.18. The van der Waals surface area contributed by atoms with Crippen LogP contribution in [0.15, 0.2) is 12.3 Å². The number of nitrogens with one attached hydrogen (secondary N) is 2. The van der Waals surface area contributed by atoms with Crippen molar-refractivity contribution in [1.29, 1.82) is 0 Å². The van der Waals surface area contributed by atoms with Crippen molar-refractivity contribution in [2.24, 2.45) is 17.8 Å². The highest BCUT2D eigenvalue weighted by molar-refractivity contribution is 5.96. The van der Waals surface area contributed by atoms with Gasteiger partial charge in [-0.05, 0) is 83.6 Å². The summed E-state index contributed by atoms with van der Waals surface area (Å²) < 4.78 is 7.50. The summed E-state index contributed by atoms with van der Waals surface area (Å²) in [5.74, 6) is 1.19. The second-order valence-corrected chi connectivity index (χ2v) is 10.9. The number of rotatable bonds is 8. The molecule has 2 amide bonds. The smallest absolute Gasteiger partial charge is 0.258 e. The SMILES string of the molecule is CC(=O)NC(C)(C)/C=C/n1ncc(C(=O)NC2C3CC4CC2CC(OO)(C4)C3)c1OC(C)C. The summed E-state index contributed by atoms with van der Waals surface area (Å²) in [7, 11) is 0. The predicted octanol–water partition coefficient (Wildman–Crippen LogP) is 3.22. The molecule has 4 saturated carbocycles. The molecular weight excluding hydrogens is 424 g/mol. The Hall–Kier alpha value is -2.39. The van der Waals surface area contributed by atoms with Crippen LogP contribution in [0.4, 0.5) is 0 Å². The van der Waals surface area contributed by atoms with E-state index in [1.54, 1.807) is 6.20 Å². The first-order chi connectivity index (χ1) is 15.5. The number of carbonyl (C=O) groups is 2. The van der Waals surface area contributed by atoms with Crippen LogP contribution in [0.25, 0.3) is 6.20 Å². The molecule has 4 bridgehead atoms. The average molecular weight is 461 g/mol. The first-order valence-corrected chi connectivity index (χ1v) is 11.9. The highest BCUT2D eigenvalue weighted by Crippen LogP contribution is 2.57. The summed E-state index contributed by atoms with van der Waals surface area (Å²) in [5.41, 5.74) is -0.631. The Kier molecular flexibility index (Phi) is 6.30. The van der Waals surface area contributed by atoms with Gasteiger partial charge in [0.25, 0.3) is 5.91 Å². The molecule has 0 aliphatic heterocycles. The van der Waals surface area contributed by atoms with E-state index in [0.29, 0.717) is 29.2 Å². The minimum absolute atomic E-state index is 0.0572. The van der Waals surface area contributed by atoms with Gasteiger partial charge in [-0.15, -0.1) is 0 Å². The number of aromatic nitrogens is 2. The molecule has 33 heavy (non-hydrogen) atoms. The molecule has 0 radical (unpaired) electrons. The number of ether oxygens (including phenoxy) is 1. The van der Waals surface area contributed by atoms with Crippen LogP contribution < -0.4 is 15.4 Å². The van der Waals surface area contributed by atoms with E-state index in [1.165, 1.54) is 17.8 Å². The van der Waals surface area contributed by atoms with E-state index in [9.17, 15) is 14.8 Å². The molecule has 9 heteroatoms. The normalized spacial score (nSPS) is 30.8. The number of carbonyl (C=O) groups excluding carboxylic acids is 2. The van der Waals surface area contributed by atoms with Gasteiger partial charge in [-0.25, -0.2) is 9.57 Å². The molecule has 4 fully saturated rings. The van der Waals surface area contributed by atoms with Crippen LogP contribution >= 0.6 is 0 Å². The predicted molar refractivity (Wildman–Crippen MR) is 122 cm³/mol. The van der Waals surface area contributed by atoms with Crippen LogP contribution in [-0.2, 0) is 9.68 Å². The molecule has 3 N–H and O–H groups in total. The Morgan fingerprint density at radius 1 is 1.27 bits per heavy atom. The molecule has 0 saturated heterocycles. The monoisotopic (exact) mass is 460 g/mol. The lowest BCUT2D eigenvalue weighted by Crippen LogP contribution is -2.62. The van der Waals surface area contributed by atoms with Crippen LogP contribution in [0.3, 0.4) is 0 Å². The van der Waals surface area contributed by atoms with Gasteiger partial charge in [-0.3, -0.25) is 14.8 Å². The van der Waals surface area contributed by atoms with Gasteiger partial charge in [0, 0.05) is 19.2 Å². The number of hydrogen-bond donors (Lipinski definition) is 3. The summed E-state index contributed by atoms with van der Waals surface area (Å²) in [5, 5.41) is 20.0. The molecule has 1 aromatic heterocycles.